The van der Waals surface area contributed by atoms with Gasteiger partial charge in [-0.15, -0.1) is 0 Å². The fourth-order valence-electron chi connectivity index (χ4n) is 2.99. The van der Waals surface area contributed by atoms with Crippen molar-refractivity contribution in [3.63, 3.8) is 0 Å². The molecule has 2 N–H and O–H groups in total. The maximum absolute atomic E-state index is 13.7. The summed E-state index contributed by atoms with van der Waals surface area (Å²) in [6.07, 6.45) is 1.62. The Hall–Kier alpha value is -4.68. The second-order valence-electron chi connectivity index (χ2n) is 7.31. The molecule has 0 atom stereocenters. The molecule has 36 heavy (non-hydrogen) atoms. The number of rotatable bonds is 7. The van der Waals surface area contributed by atoms with Gasteiger partial charge in [0.1, 0.15) is 12.4 Å². The largest absolute Gasteiger partial charge is 0.479 e. The Morgan fingerprint density at radius 2 is 1.39 bits per heavy atom. The number of furan rings is 1. The van der Waals surface area contributed by atoms with E-state index in [0.29, 0.717) is 11.4 Å². The summed E-state index contributed by atoms with van der Waals surface area (Å²) in [6.45, 7) is -0.712. The van der Waals surface area contributed by atoms with Crippen molar-refractivity contribution in [3.8, 4) is 5.75 Å². The van der Waals surface area contributed by atoms with Crippen molar-refractivity contribution in [2.75, 3.05) is 10.6 Å². The van der Waals surface area contributed by atoms with Crippen LogP contribution < -0.4 is 15.4 Å². The Morgan fingerprint density at radius 3 is 1.94 bits per heavy atom. The SMILES string of the molecule is Cn1ccc(C(=O)Nc2ccc(NC(=O)c3ccc(COc4c(F)c(F)c(F)c(F)c4F)o3)cc2)n1. The predicted molar refractivity (Wildman–Crippen MR) is 115 cm³/mol. The molecule has 2 aromatic heterocycles. The fraction of sp³-hybridized carbons (Fsp3) is 0.0870. The van der Waals surface area contributed by atoms with Gasteiger partial charge in [-0.2, -0.15) is 13.9 Å². The third kappa shape index (κ3) is 5.04. The second kappa shape index (κ2) is 9.90. The fourth-order valence-corrected chi connectivity index (χ4v) is 2.99. The molecule has 0 aliphatic carbocycles. The average molecular weight is 506 g/mol. The summed E-state index contributed by atoms with van der Waals surface area (Å²) in [5, 5.41) is 9.18. The number of ether oxygens (including phenoxy) is 1. The molecular formula is C23H15F5N4O4. The number of carbonyl (C=O) groups excluding carboxylic acids is 2. The van der Waals surface area contributed by atoms with Gasteiger partial charge in [0.05, 0.1) is 0 Å². The lowest BCUT2D eigenvalue weighted by Gasteiger charge is -2.09. The van der Waals surface area contributed by atoms with E-state index in [1.165, 1.54) is 28.9 Å². The summed E-state index contributed by atoms with van der Waals surface area (Å²) in [7, 11) is 1.68. The molecule has 4 rings (SSSR count). The van der Waals surface area contributed by atoms with E-state index in [-0.39, 0.29) is 17.2 Å². The number of amides is 2. The monoisotopic (exact) mass is 506 g/mol. The summed E-state index contributed by atoms with van der Waals surface area (Å²) >= 11 is 0. The number of nitrogens with zero attached hydrogens (tertiary/aromatic N) is 2. The smallest absolute Gasteiger partial charge is 0.291 e. The van der Waals surface area contributed by atoms with Gasteiger partial charge in [0.25, 0.3) is 11.8 Å². The van der Waals surface area contributed by atoms with Crippen LogP contribution >= 0.6 is 0 Å². The number of anilines is 2. The topological polar surface area (TPSA) is 98.4 Å². The Morgan fingerprint density at radius 1 is 0.833 bits per heavy atom. The normalized spacial score (nSPS) is 10.8. The van der Waals surface area contributed by atoms with E-state index in [2.05, 4.69) is 15.7 Å². The van der Waals surface area contributed by atoms with Gasteiger partial charge in [-0.3, -0.25) is 14.3 Å². The van der Waals surface area contributed by atoms with Gasteiger partial charge in [0, 0.05) is 24.6 Å². The minimum absolute atomic E-state index is 0.114. The molecule has 2 aromatic carbocycles. The van der Waals surface area contributed by atoms with E-state index >= 15 is 0 Å². The zero-order valence-corrected chi connectivity index (χ0v) is 18.2. The molecular weight excluding hydrogens is 491 g/mol. The Balaban J connectivity index is 1.36. The molecule has 4 aromatic rings. The molecule has 0 fully saturated rings. The molecule has 0 aliphatic heterocycles. The van der Waals surface area contributed by atoms with Crippen LogP contribution in [-0.4, -0.2) is 21.6 Å². The molecule has 13 heteroatoms. The molecule has 0 radical (unpaired) electrons. The highest BCUT2D eigenvalue weighted by molar-refractivity contribution is 6.04. The molecule has 0 bridgehead atoms. The van der Waals surface area contributed by atoms with Crippen molar-refractivity contribution in [1.29, 1.82) is 0 Å². The third-order valence-corrected chi connectivity index (χ3v) is 4.76. The van der Waals surface area contributed by atoms with Crippen LogP contribution in [-0.2, 0) is 13.7 Å². The summed E-state index contributed by atoms with van der Waals surface area (Å²) in [5.41, 5.74) is 1.04. The first-order valence-corrected chi connectivity index (χ1v) is 10.1. The Labute approximate surface area is 199 Å². The van der Waals surface area contributed by atoms with Gasteiger partial charge in [-0.05, 0) is 42.5 Å². The summed E-state index contributed by atoms with van der Waals surface area (Å²) in [4.78, 5) is 24.5. The second-order valence-corrected chi connectivity index (χ2v) is 7.31. The molecule has 0 saturated heterocycles. The lowest BCUT2D eigenvalue weighted by molar-refractivity contribution is 0.0990. The minimum atomic E-state index is -2.31. The van der Waals surface area contributed by atoms with Crippen molar-refractivity contribution in [1.82, 2.24) is 9.78 Å². The van der Waals surface area contributed by atoms with Gasteiger partial charge < -0.3 is 19.8 Å². The highest BCUT2D eigenvalue weighted by atomic mass is 19.2. The summed E-state index contributed by atoms with van der Waals surface area (Å²) in [5.74, 6) is -13.8. The van der Waals surface area contributed by atoms with E-state index in [0.717, 1.165) is 0 Å². The van der Waals surface area contributed by atoms with Crippen molar-refractivity contribution in [3.05, 3.63) is 95.0 Å². The number of benzene rings is 2. The lowest BCUT2D eigenvalue weighted by Crippen LogP contribution is -2.13. The predicted octanol–water partition coefficient (Wildman–Crippen LogP) is 4.79. The standard InChI is InChI=1S/C23H15F5N4O4/c1-32-9-8-14(31-32)22(33)29-11-2-4-12(5-3-11)30-23(34)15-7-6-13(36-15)10-35-21-19(27)17(25)16(24)18(26)20(21)28/h2-9H,10H2,1H3,(H,29,33)(H,30,34). The Kier molecular flexibility index (Phi) is 6.72. The minimum Gasteiger partial charge on any atom is -0.479 e. The first-order chi connectivity index (χ1) is 17.1. The third-order valence-electron chi connectivity index (χ3n) is 4.76. The highest BCUT2D eigenvalue weighted by Crippen LogP contribution is 2.30. The molecule has 2 heterocycles. The van der Waals surface area contributed by atoms with Crippen LogP contribution in [0.5, 0.6) is 5.75 Å². The number of hydrogen-bond acceptors (Lipinski definition) is 5. The number of carbonyl (C=O) groups is 2. The van der Waals surface area contributed by atoms with E-state index in [9.17, 15) is 31.5 Å². The molecule has 8 nitrogen and oxygen atoms in total. The Bertz CT molecular complexity index is 1420. The van der Waals surface area contributed by atoms with E-state index in [4.69, 9.17) is 9.15 Å². The van der Waals surface area contributed by atoms with E-state index in [1.54, 1.807) is 31.4 Å². The number of nitrogens with one attached hydrogen (secondary N) is 2. The van der Waals surface area contributed by atoms with Gasteiger partial charge in [-0.1, -0.05) is 0 Å². The van der Waals surface area contributed by atoms with Crippen LogP contribution in [0, 0.1) is 29.1 Å². The average Bonchev–Trinajstić information content (AvgIpc) is 3.52. The number of hydrogen-bond donors (Lipinski definition) is 2. The molecule has 0 spiro atoms. The number of aryl methyl sites for hydroxylation is 1. The van der Waals surface area contributed by atoms with Gasteiger partial charge in [0.2, 0.25) is 29.1 Å². The van der Waals surface area contributed by atoms with Gasteiger partial charge >= 0.3 is 0 Å². The van der Waals surface area contributed by atoms with Crippen LogP contribution in [0.1, 0.15) is 26.8 Å². The van der Waals surface area contributed by atoms with E-state index in [1.807, 2.05) is 0 Å². The van der Waals surface area contributed by atoms with E-state index < -0.39 is 53.3 Å². The van der Waals surface area contributed by atoms with Crippen molar-refractivity contribution in [2.45, 2.75) is 6.61 Å². The maximum atomic E-state index is 13.7. The number of halogens is 5. The van der Waals surface area contributed by atoms with Crippen molar-refractivity contribution in [2.24, 2.45) is 7.05 Å². The molecule has 0 unspecified atom stereocenters. The molecule has 0 aliphatic rings. The maximum Gasteiger partial charge on any atom is 0.291 e. The molecule has 186 valence electrons. The highest BCUT2D eigenvalue weighted by Gasteiger charge is 2.27. The van der Waals surface area contributed by atoms with Crippen LogP contribution in [0.3, 0.4) is 0 Å². The number of aromatic nitrogens is 2. The quantitative estimate of drug-likeness (QED) is 0.213. The first-order valence-electron chi connectivity index (χ1n) is 10.1. The zero-order valence-electron chi connectivity index (χ0n) is 18.2. The van der Waals surface area contributed by atoms with Crippen LogP contribution in [0.4, 0.5) is 33.3 Å². The molecule has 2 amide bonds. The van der Waals surface area contributed by atoms with Crippen molar-refractivity contribution < 1.29 is 40.7 Å². The zero-order chi connectivity index (χ0) is 26.0. The summed E-state index contributed by atoms with van der Waals surface area (Å²) < 4.78 is 78.5. The van der Waals surface area contributed by atoms with Gasteiger partial charge in [0.15, 0.2) is 17.2 Å². The van der Waals surface area contributed by atoms with Crippen molar-refractivity contribution >= 4 is 23.2 Å². The van der Waals surface area contributed by atoms with Gasteiger partial charge in [-0.25, -0.2) is 13.2 Å². The lowest BCUT2D eigenvalue weighted by atomic mass is 10.2. The van der Waals surface area contributed by atoms with Crippen LogP contribution in [0.25, 0.3) is 0 Å². The summed E-state index contributed by atoms with van der Waals surface area (Å²) in [6, 6.07) is 10.1. The van der Waals surface area contributed by atoms with Crippen LogP contribution in [0.2, 0.25) is 0 Å². The molecule has 0 saturated carbocycles. The van der Waals surface area contributed by atoms with Crippen LogP contribution in [0.15, 0.2) is 53.1 Å². The first kappa shape index (κ1) is 24.4.